The van der Waals surface area contributed by atoms with Gasteiger partial charge in [-0.3, -0.25) is 0 Å². The summed E-state index contributed by atoms with van der Waals surface area (Å²) in [5, 5.41) is 10.0. The van der Waals surface area contributed by atoms with Crippen molar-refractivity contribution in [2.24, 2.45) is 11.8 Å². The number of aryl methyl sites for hydroxylation is 1. The highest BCUT2D eigenvalue weighted by atomic mass is 32.1. The monoisotopic (exact) mass is 359 g/mol. The molecule has 0 saturated heterocycles. The Kier molecular flexibility index (Phi) is 9.52. The summed E-state index contributed by atoms with van der Waals surface area (Å²) >= 11 is 1.38. The largest absolute Gasteiger partial charge is 0.396 e. The van der Waals surface area contributed by atoms with Crippen LogP contribution in [-0.2, 0) is 6.42 Å². The van der Waals surface area contributed by atoms with Crippen molar-refractivity contribution in [3.63, 3.8) is 0 Å². The number of hydrogen-bond donors (Lipinski definition) is 1. The number of nitriles is 1. The van der Waals surface area contributed by atoms with Crippen LogP contribution >= 0.6 is 11.3 Å². The van der Waals surface area contributed by atoms with Crippen molar-refractivity contribution in [2.75, 3.05) is 5.73 Å². The smallest absolute Gasteiger partial charge is 0.130 e. The van der Waals surface area contributed by atoms with Crippen LogP contribution in [0.1, 0.15) is 77.2 Å². The maximum absolute atomic E-state index is 9.07. The number of hydrogen-bond acceptors (Lipinski definition) is 4. The van der Waals surface area contributed by atoms with Crippen LogP contribution in [0.5, 0.6) is 0 Å². The molecule has 2 N–H and O–H groups in total. The molecule has 2 aromatic heterocycles. The SMILES string of the molecule is CC.CCCCC(CCCc1cnc2sc(C#N)c(N)c2c1)C(C)C. The lowest BCUT2D eigenvalue weighted by atomic mass is 9.86. The summed E-state index contributed by atoms with van der Waals surface area (Å²) in [5.41, 5.74) is 7.85. The lowest BCUT2D eigenvalue weighted by Crippen LogP contribution is -2.09. The van der Waals surface area contributed by atoms with Crippen LogP contribution < -0.4 is 5.73 Å². The lowest BCUT2D eigenvalue weighted by molar-refractivity contribution is 0.321. The van der Waals surface area contributed by atoms with E-state index in [2.05, 4.69) is 37.9 Å². The molecule has 1 atom stereocenters. The highest BCUT2D eigenvalue weighted by Gasteiger charge is 2.13. The molecule has 2 aromatic rings. The second kappa shape index (κ2) is 11.1. The molecule has 0 saturated carbocycles. The number of pyridine rings is 1. The summed E-state index contributed by atoms with van der Waals surface area (Å²) in [7, 11) is 0. The fraction of sp³-hybridized carbons (Fsp3) is 0.619. The Bertz CT molecular complexity index is 682. The van der Waals surface area contributed by atoms with Gasteiger partial charge >= 0.3 is 0 Å². The Morgan fingerprint density at radius 2 is 1.92 bits per heavy atom. The molecule has 0 fully saturated rings. The van der Waals surface area contributed by atoms with E-state index in [1.165, 1.54) is 49.0 Å². The number of nitrogens with zero attached hydrogens (tertiary/aromatic N) is 2. The zero-order valence-corrected chi connectivity index (χ0v) is 17.2. The maximum Gasteiger partial charge on any atom is 0.130 e. The number of nitrogens with two attached hydrogens (primary N) is 1. The van der Waals surface area contributed by atoms with E-state index in [1.54, 1.807) is 0 Å². The zero-order valence-electron chi connectivity index (χ0n) is 16.4. The summed E-state index contributed by atoms with van der Waals surface area (Å²) < 4.78 is 0. The van der Waals surface area contributed by atoms with Gasteiger partial charge in [0.15, 0.2) is 0 Å². The molecule has 3 nitrogen and oxygen atoms in total. The molecule has 0 radical (unpaired) electrons. The summed E-state index contributed by atoms with van der Waals surface area (Å²) in [4.78, 5) is 5.92. The standard InChI is InChI=1S/C19H27N3S.C2H6/c1-4-5-8-15(13(2)3)9-6-7-14-10-16-18(21)17(11-20)23-19(16)22-12-14;1-2/h10,12-13,15H,4-9,21H2,1-3H3;1-2H3. The highest BCUT2D eigenvalue weighted by Crippen LogP contribution is 2.32. The van der Waals surface area contributed by atoms with E-state index in [9.17, 15) is 0 Å². The number of thiophene rings is 1. The van der Waals surface area contributed by atoms with Gasteiger partial charge in [-0.05, 0) is 42.7 Å². The first-order valence-electron chi connectivity index (χ1n) is 9.63. The minimum absolute atomic E-state index is 0.573. The normalized spacial score (nSPS) is 11.9. The summed E-state index contributed by atoms with van der Waals surface area (Å²) in [6.45, 7) is 10.9. The Labute approximate surface area is 157 Å². The van der Waals surface area contributed by atoms with E-state index in [-0.39, 0.29) is 0 Å². The van der Waals surface area contributed by atoms with Gasteiger partial charge in [0.25, 0.3) is 0 Å². The Hall–Kier alpha value is -1.60. The third kappa shape index (κ3) is 6.01. The van der Waals surface area contributed by atoms with Crippen molar-refractivity contribution < 1.29 is 0 Å². The van der Waals surface area contributed by atoms with E-state index < -0.39 is 0 Å². The molecule has 138 valence electrons. The second-order valence-corrected chi connectivity index (χ2v) is 7.69. The van der Waals surface area contributed by atoms with Gasteiger partial charge in [-0.25, -0.2) is 4.98 Å². The molecule has 2 heterocycles. The Balaban J connectivity index is 0.00000151. The van der Waals surface area contributed by atoms with E-state index in [1.807, 2.05) is 20.0 Å². The van der Waals surface area contributed by atoms with Crippen LogP contribution in [-0.4, -0.2) is 4.98 Å². The Morgan fingerprint density at radius 1 is 1.24 bits per heavy atom. The minimum Gasteiger partial charge on any atom is -0.396 e. The van der Waals surface area contributed by atoms with E-state index >= 15 is 0 Å². The molecule has 0 aromatic carbocycles. The quantitative estimate of drug-likeness (QED) is 0.580. The summed E-state index contributed by atoms with van der Waals surface area (Å²) in [6, 6.07) is 4.26. The van der Waals surface area contributed by atoms with Gasteiger partial charge in [0.2, 0.25) is 0 Å². The first kappa shape index (κ1) is 21.4. The number of nitrogen functional groups attached to an aromatic ring is 1. The molecule has 4 heteroatoms. The molecular formula is C21H33N3S. The van der Waals surface area contributed by atoms with Crippen LogP contribution in [0.15, 0.2) is 12.3 Å². The third-order valence-corrected chi connectivity index (χ3v) is 5.69. The number of fused-ring (bicyclic) bond motifs is 1. The van der Waals surface area contributed by atoms with Gasteiger partial charge in [-0.15, -0.1) is 11.3 Å². The highest BCUT2D eigenvalue weighted by molar-refractivity contribution is 7.19. The zero-order chi connectivity index (χ0) is 18.8. The van der Waals surface area contributed by atoms with Gasteiger partial charge in [0, 0.05) is 11.6 Å². The molecule has 0 spiro atoms. The van der Waals surface area contributed by atoms with Crippen molar-refractivity contribution in [1.82, 2.24) is 4.98 Å². The van der Waals surface area contributed by atoms with Crippen LogP contribution in [0.25, 0.3) is 10.2 Å². The predicted octanol–water partition coefficient (Wildman–Crippen LogP) is 6.56. The van der Waals surface area contributed by atoms with Gasteiger partial charge in [-0.2, -0.15) is 5.26 Å². The Morgan fingerprint density at radius 3 is 2.52 bits per heavy atom. The van der Waals surface area contributed by atoms with E-state index in [0.29, 0.717) is 10.6 Å². The van der Waals surface area contributed by atoms with Crippen molar-refractivity contribution in [3.8, 4) is 6.07 Å². The van der Waals surface area contributed by atoms with Crippen molar-refractivity contribution in [1.29, 1.82) is 5.26 Å². The number of anilines is 1. The lowest BCUT2D eigenvalue weighted by Gasteiger charge is -2.20. The number of rotatable bonds is 8. The van der Waals surface area contributed by atoms with Gasteiger partial charge in [0.1, 0.15) is 15.8 Å². The van der Waals surface area contributed by atoms with Crippen LogP contribution in [0, 0.1) is 23.2 Å². The molecule has 1 unspecified atom stereocenters. The molecule has 0 amide bonds. The molecule has 0 aliphatic heterocycles. The third-order valence-electron chi connectivity index (χ3n) is 4.65. The van der Waals surface area contributed by atoms with Crippen LogP contribution in [0.4, 0.5) is 5.69 Å². The molecular weight excluding hydrogens is 326 g/mol. The van der Waals surface area contributed by atoms with E-state index in [4.69, 9.17) is 11.0 Å². The topological polar surface area (TPSA) is 62.7 Å². The molecule has 0 bridgehead atoms. The molecule has 0 aliphatic carbocycles. The average Bonchev–Trinajstić information content (AvgIpc) is 2.95. The van der Waals surface area contributed by atoms with Gasteiger partial charge in [-0.1, -0.05) is 53.9 Å². The van der Waals surface area contributed by atoms with E-state index in [0.717, 1.165) is 28.5 Å². The minimum atomic E-state index is 0.573. The predicted molar refractivity (Wildman–Crippen MR) is 111 cm³/mol. The fourth-order valence-electron chi connectivity index (χ4n) is 3.11. The molecule has 0 aliphatic rings. The van der Waals surface area contributed by atoms with Gasteiger partial charge < -0.3 is 5.73 Å². The van der Waals surface area contributed by atoms with Crippen LogP contribution in [0.3, 0.4) is 0 Å². The van der Waals surface area contributed by atoms with Crippen LogP contribution in [0.2, 0.25) is 0 Å². The summed E-state index contributed by atoms with van der Waals surface area (Å²) in [6.07, 6.45) is 9.40. The fourth-order valence-corrected chi connectivity index (χ4v) is 3.95. The molecule has 25 heavy (non-hydrogen) atoms. The first-order chi connectivity index (χ1) is 12.1. The van der Waals surface area contributed by atoms with Gasteiger partial charge in [0.05, 0.1) is 5.69 Å². The van der Waals surface area contributed by atoms with Crippen molar-refractivity contribution in [3.05, 3.63) is 22.7 Å². The van der Waals surface area contributed by atoms with Crippen molar-refractivity contribution in [2.45, 2.75) is 73.1 Å². The average molecular weight is 360 g/mol. The first-order valence-corrected chi connectivity index (χ1v) is 10.5. The maximum atomic E-state index is 9.07. The molecule has 2 rings (SSSR count). The number of aromatic nitrogens is 1. The van der Waals surface area contributed by atoms with Crippen molar-refractivity contribution >= 4 is 27.2 Å². The summed E-state index contributed by atoms with van der Waals surface area (Å²) in [5.74, 6) is 1.58. The number of unbranched alkanes of at least 4 members (excludes halogenated alkanes) is 1. The second-order valence-electron chi connectivity index (χ2n) is 6.69.